The van der Waals surface area contributed by atoms with Gasteiger partial charge in [0.1, 0.15) is 11.0 Å². The van der Waals surface area contributed by atoms with Gasteiger partial charge in [-0.25, -0.2) is 0 Å². The summed E-state index contributed by atoms with van der Waals surface area (Å²) in [6.45, 7) is 0. The van der Waals surface area contributed by atoms with E-state index in [2.05, 4.69) is 0 Å². The SMILES string of the molecule is COc1c(O)cc2oc3c(O)c(O)ccc3c(=O)c2c1O. The highest BCUT2D eigenvalue weighted by atomic mass is 16.5. The molecule has 0 saturated carbocycles. The predicted octanol–water partition coefficient (Wildman–Crippen LogP) is 1.78. The lowest BCUT2D eigenvalue weighted by molar-refractivity contribution is 0.346. The van der Waals surface area contributed by atoms with Crippen LogP contribution >= 0.6 is 0 Å². The van der Waals surface area contributed by atoms with Crippen LogP contribution in [0.2, 0.25) is 0 Å². The Hall–Kier alpha value is -3.09. The summed E-state index contributed by atoms with van der Waals surface area (Å²) in [6, 6.07) is 3.47. The van der Waals surface area contributed by atoms with Crippen LogP contribution < -0.4 is 10.2 Å². The molecule has 7 heteroatoms. The van der Waals surface area contributed by atoms with Gasteiger partial charge in [0.2, 0.25) is 16.9 Å². The summed E-state index contributed by atoms with van der Waals surface area (Å²) in [6.07, 6.45) is 0. The number of hydrogen-bond acceptors (Lipinski definition) is 7. The van der Waals surface area contributed by atoms with Crippen molar-refractivity contribution in [2.45, 2.75) is 0 Å². The maximum Gasteiger partial charge on any atom is 0.204 e. The molecular weight excluding hydrogens is 280 g/mol. The van der Waals surface area contributed by atoms with Gasteiger partial charge in [-0.05, 0) is 12.1 Å². The van der Waals surface area contributed by atoms with Gasteiger partial charge in [-0.3, -0.25) is 4.79 Å². The first kappa shape index (κ1) is 12.9. The second kappa shape index (κ2) is 4.20. The van der Waals surface area contributed by atoms with Crippen LogP contribution in [-0.2, 0) is 0 Å². The zero-order valence-electron chi connectivity index (χ0n) is 10.7. The van der Waals surface area contributed by atoms with Crippen LogP contribution in [0.3, 0.4) is 0 Å². The first-order chi connectivity index (χ1) is 9.95. The fourth-order valence-corrected chi connectivity index (χ4v) is 2.20. The molecular formula is C14H10O7. The van der Waals surface area contributed by atoms with E-state index in [0.29, 0.717) is 0 Å². The third-order valence-corrected chi connectivity index (χ3v) is 3.20. The van der Waals surface area contributed by atoms with Gasteiger partial charge in [0.15, 0.2) is 22.8 Å². The summed E-state index contributed by atoms with van der Waals surface area (Å²) in [4.78, 5) is 12.4. The standard InChI is InChI=1S/C14H10O7/c1-20-14-7(16)4-8-9(12(14)19)10(17)5-2-3-6(15)11(18)13(5)21-8/h2-4,15-16,18-19H,1H3. The molecule has 7 nitrogen and oxygen atoms in total. The van der Waals surface area contributed by atoms with Crippen molar-refractivity contribution >= 4 is 21.9 Å². The van der Waals surface area contributed by atoms with E-state index in [1.54, 1.807) is 0 Å². The van der Waals surface area contributed by atoms with Gasteiger partial charge in [-0.1, -0.05) is 0 Å². The van der Waals surface area contributed by atoms with Crippen molar-refractivity contribution in [2.75, 3.05) is 7.11 Å². The lowest BCUT2D eigenvalue weighted by Crippen LogP contribution is -2.03. The molecule has 0 aliphatic carbocycles. The summed E-state index contributed by atoms with van der Waals surface area (Å²) in [5.41, 5.74) is -1.02. The predicted molar refractivity (Wildman–Crippen MR) is 73.2 cm³/mol. The third kappa shape index (κ3) is 1.64. The zero-order chi connectivity index (χ0) is 15.3. The molecule has 21 heavy (non-hydrogen) atoms. The minimum atomic E-state index is -0.627. The Morgan fingerprint density at radius 3 is 2.43 bits per heavy atom. The van der Waals surface area contributed by atoms with Crippen molar-refractivity contribution in [2.24, 2.45) is 0 Å². The first-order valence-electron chi connectivity index (χ1n) is 5.86. The van der Waals surface area contributed by atoms with E-state index in [0.717, 1.165) is 12.1 Å². The summed E-state index contributed by atoms with van der Waals surface area (Å²) in [5, 5.41) is 38.7. The van der Waals surface area contributed by atoms with Crippen molar-refractivity contribution in [3.63, 3.8) is 0 Å². The van der Waals surface area contributed by atoms with Crippen molar-refractivity contribution in [3.8, 4) is 28.7 Å². The quantitative estimate of drug-likeness (QED) is 0.398. The number of rotatable bonds is 1. The topological polar surface area (TPSA) is 120 Å². The van der Waals surface area contributed by atoms with Gasteiger partial charge < -0.3 is 29.6 Å². The summed E-state index contributed by atoms with van der Waals surface area (Å²) >= 11 is 0. The molecule has 3 rings (SSSR count). The Balaban J connectivity index is 2.60. The number of ether oxygens (including phenoxy) is 1. The number of hydrogen-bond donors (Lipinski definition) is 4. The lowest BCUT2D eigenvalue weighted by Gasteiger charge is -2.09. The molecule has 1 aromatic heterocycles. The molecule has 0 aliphatic rings. The summed E-state index contributed by atoms with van der Waals surface area (Å²) in [7, 11) is 1.23. The Labute approximate surface area is 116 Å². The van der Waals surface area contributed by atoms with Gasteiger partial charge in [-0.15, -0.1) is 0 Å². The van der Waals surface area contributed by atoms with Gasteiger partial charge >= 0.3 is 0 Å². The lowest BCUT2D eigenvalue weighted by atomic mass is 10.1. The number of benzene rings is 2. The van der Waals surface area contributed by atoms with Gasteiger partial charge in [0.05, 0.1) is 12.5 Å². The smallest absolute Gasteiger partial charge is 0.204 e. The van der Waals surface area contributed by atoms with Crippen LogP contribution in [0.5, 0.6) is 28.7 Å². The highest BCUT2D eigenvalue weighted by Gasteiger charge is 2.21. The summed E-state index contributed by atoms with van der Waals surface area (Å²) in [5.74, 6) is -2.29. The minimum Gasteiger partial charge on any atom is -0.504 e. The average Bonchev–Trinajstić information content (AvgIpc) is 2.43. The van der Waals surface area contributed by atoms with Crippen molar-refractivity contribution in [1.29, 1.82) is 0 Å². The molecule has 108 valence electrons. The first-order valence-corrected chi connectivity index (χ1v) is 5.86. The Morgan fingerprint density at radius 2 is 1.76 bits per heavy atom. The molecule has 0 amide bonds. The highest BCUT2D eigenvalue weighted by Crippen LogP contribution is 2.42. The fourth-order valence-electron chi connectivity index (χ4n) is 2.20. The van der Waals surface area contributed by atoms with Gasteiger partial charge in [0.25, 0.3) is 0 Å². The molecule has 0 unspecified atom stereocenters. The molecule has 1 heterocycles. The van der Waals surface area contributed by atoms with E-state index in [4.69, 9.17) is 9.15 Å². The highest BCUT2D eigenvalue weighted by molar-refractivity contribution is 5.97. The maximum atomic E-state index is 12.4. The van der Waals surface area contributed by atoms with Crippen LogP contribution in [0.25, 0.3) is 21.9 Å². The Morgan fingerprint density at radius 1 is 1.05 bits per heavy atom. The Bertz CT molecular complexity index is 940. The van der Waals surface area contributed by atoms with Crippen LogP contribution in [-0.4, -0.2) is 27.5 Å². The molecule has 0 radical (unpaired) electrons. The maximum absolute atomic E-state index is 12.4. The third-order valence-electron chi connectivity index (χ3n) is 3.20. The number of aromatic hydroxyl groups is 4. The van der Waals surface area contributed by atoms with E-state index in [1.165, 1.54) is 13.2 Å². The second-order valence-electron chi connectivity index (χ2n) is 4.39. The molecule has 0 saturated heterocycles. The summed E-state index contributed by atoms with van der Waals surface area (Å²) < 4.78 is 10.1. The number of fused-ring (bicyclic) bond motifs is 2. The van der Waals surface area contributed by atoms with Crippen LogP contribution in [0.1, 0.15) is 0 Å². The molecule has 0 spiro atoms. The van der Waals surface area contributed by atoms with Crippen LogP contribution in [0.4, 0.5) is 0 Å². The number of methoxy groups -OCH3 is 1. The molecule has 3 aromatic rings. The van der Waals surface area contributed by atoms with Crippen LogP contribution in [0.15, 0.2) is 27.4 Å². The second-order valence-corrected chi connectivity index (χ2v) is 4.39. The van der Waals surface area contributed by atoms with Crippen molar-refractivity contribution < 1.29 is 29.6 Å². The van der Waals surface area contributed by atoms with E-state index < -0.39 is 28.4 Å². The van der Waals surface area contributed by atoms with E-state index in [9.17, 15) is 25.2 Å². The van der Waals surface area contributed by atoms with Crippen molar-refractivity contribution in [3.05, 3.63) is 28.4 Å². The minimum absolute atomic E-state index is 0.0270. The molecule has 4 N–H and O–H groups in total. The molecule has 2 aromatic carbocycles. The molecule has 0 atom stereocenters. The van der Waals surface area contributed by atoms with Gasteiger partial charge in [-0.2, -0.15) is 0 Å². The van der Waals surface area contributed by atoms with E-state index in [1.807, 2.05) is 0 Å². The molecule has 0 bridgehead atoms. The average molecular weight is 290 g/mol. The zero-order valence-corrected chi connectivity index (χ0v) is 10.7. The number of phenolic OH excluding ortho intramolecular Hbond substituents is 4. The van der Waals surface area contributed by atoms with Gasteiger partial charge in [0, 0.05) is 6.07 Å². The normalized spacial score (nSPS) is 11.1. The monoisotopic (exact) mass is 290 g/mol. The van der Waals surface area contributed by atoms with E-state index >= 15 is 0 Å². The molecule has 0 fully saturated rings. The fraction of sp³-hybridized carbons (Fsp3) is 0.0714. The van der Waals surface area contributed by atoms with E-state index in [-0.39, 0.29) is 27.7 Å². The van der Waals surface area contributed by atoms with Crippen LogP contribution in [0, 0.1) is 0 Å². The molecule has 0 aliphatic heterocycles. The van der Waals surface area contributed by atoms with Crippen molar-refractivity contribution in [1.82, 2.24) is 0 Å². The Kier molecular flexibility index (Phi) is 2.59. The number of phenols is 4. The largest absolute Gasteiger partial charge is 0.504 e.